The van der Waals surface area contributed by atoms with Crippen molar-refractivity contribution in [3.05, 3.63) is 107 Å². The highest BCUT2D eigenvalue weighted by Gasteiger charge is 2.22. The summed E-state index contributed by atoms with van der Waals surface area (Å²) in [6.07, 6.45) is 1.53. The Bertz CT molecular complexity index is 984. The van der Waals surface area contributed by atoms with Crippen molar-refractivity contribution >= 4 is 17.9 Å². The van der Waals surface area contributed by atoms with E-state index in [1.54, 1.807) is 12.1 Å². The summed E-state index contributed by atoms with van der Waals surface area (Å²) in [6, 6.07) is 24.9. The third-order valence-corrected chi connectivity index (χ3v) is 4.99. The third-order valence-electron chi connectivity index (χ3n) is 4.99. The molecule has 0 aromatic heterocycles. The summed E-state index contributed by atoms with van der Waals surface area (Å²) in [5.74, 6) is -0.826. The monoisotopic (exact) mass is 414 g/mol. The van der Waals surface area contributed by atoms with Crippen molar-refractivity contribution in [2.75, 3.05) is 0 Å². The van der Waals surface area contributed by atoms with Crippen LogP contribution in [0.15, 0.2) is 90.5 Å². The molecule has 3 aromatic carbocycles. The van der Waals surface area contributed by atoms with Crippen molar-refractivity contribution in [1.82, 2.24) is 10.6 Å². The van der Waals surface area contributed by atoms with Crippen LogP contribution in [0.3, 0.4) is 0 Å². The molecule has 0 saturated carbocycles. The van der Waals surface area contributed by atoms with Crippen LogP contribution in [0.25, 0.3) is 6.08 Å². The van der Waals surface area contributed by atoms with Crippen molar-refractivity contribution in [1.29, 1.82) is 0 Å². The quantitative estimate of drug-likeness (QED) is 0.302. The van der Waals surface area contributed by atoms with Gasteiger partial charge in [0.05, 0.1) is 12.1 Å². The molecule has 3 aromatic rings. The first kappa shape index (κ1) is 21.8. The maximum atomic E-state index is 13.1. The smallest absolute Gasteiger partial charge is 0.257 e. The Labute approximate surface area is 182 Å². The number of phenols is 1. The normalized spacial score (nSPS) is 12.3. The van der Waals surface area contributed by atoms with Gasteiger partial charge in [-0.1, -0.05) is 72.8 Å². The van der Waals surface area contributed by atoms with Crippen molar-refractivity contribution < 1.29 is 14.7 Å². The zero-order chi connectivity index (χ0) is 22.2. The van der Waals surface area contributed by atoms with Crippen LogP contribution in [0.5, 0.6) is 5.75 Å². The van der Waals surface area contributed by atoms with E-state index in [0.717, 1.165) is 11.1 Å². The highest BCUT2D eigenvalue weighted by molar-refractivity contribution is 6.21. The summed E-state index contributed by atoms with van der Waals surface area (Å²) in [5.41, 5.74) is 2.52. The minimum Gasteiger partial charge on any atom is -0.508 e. The van der Waals surface area contributed by atoms with Crippen molar-refractivity contribution in [3.8, 4) is 5.75 Å². The molecule has 0 bridgehead atoms. The molecule has 0 fully saturated rings. The lowest BCUT2D eigenvalue weighted by Crippen LogP contribution is -2.36. The van der Waals surface area contributed by atoms with Gasteiger partial charge in [0.2, 0.25) is 0 Å². The van der Waals surface area contributed by atoms with Gasteiger partial charge in [-0.2, -0.15) is 0 Å². The summed E-state index contributed by atoms with van der Waals surface area (Å²) in [7, 11) is 0. The van der Waals surface area contributed by atoms with Gasteiger partial charge in [0.1, 0.15) is 11.3 Å². The largest absolute Gasteiger partial charge is 0.508 e. The SMILES string of the molecule is CC(NC(=O)C(=Cc1ccc(O)cc1)C(=O)NC(C)c1ccccc1)c1ccccc1. The molecule has 3 rings (SSSR count). The van der Waals surface area contributed by atoms with E-state index in [1.807, 2.05) is 74.5 Å². The van der Waals surface area contributed by atoms with Gasteiger partial charge in [0.15, 0.2) is 0 Å². The molecule has 31 heavy (non-hydrogen) atoms. The van der Waals surface area contributed by atoms with E-state index < -0.39 is 11.8 Å². The van der Waals surface area contributed by atoms with E-state index in [1.165, 1.54) is 18.2 Å². The Hall–Kier alpha value is -3.86. The molecule has 0 aliphatic rings. The lowest BCUT2D eigenvalue weighted by molar-refractivity contribution is -0.124. The van der Waals surface area contributed by atoms with E-state index in [-0.39, 0.29) is 23.4 Å². The van der Waals surface area contributed by atoms with Gasteiger partial charge in [-0.3, -0.25) is 9.59 Å². The molecule has 5 nitrogen and oxygen atoms in total. The van der Waals surface area contributed by atoms with E-state index in [2.05, 4.69) is 10.6 Å². The van der Waals surface area contributed by atoms with Crippen LogP contribution >= 0.6 is 0 Å². The molecule has 0 heterocycles. The zero-order valence-electron chi connectivity index (χ0n) is 17.6. The van der Waals surface area contributed by atoms with Crippen molar-refractivity contribution in [3.63, 3.8) is 0 Å². The predicted octanol–water partition coefficient (Wildman–Crippen LogP) is 4.53. The first-order valence-corrected chi connectivity index (χ1v) is 10.2. The van der Waals surface area contributed by atoms with Gasteiger partial charge in [-0.15, -0.1) is 0 Å². The number of carbonyl (C=O) groups excluding carboxylic acids is 2. The van der Waals surface area contributed by atoms with E-state index in [0.29, 0.717) is 5.56 Å². The Kier molecular flexibility index (Phi) is 7.22. The Morgan fingerprint density at radius 1 is 0.710 bits per heavy atom. The molecule has 2 unspecified atom stereocenters. The molecule has 0 spiro atoms. The number of nitrogens with one attached hydrogen (secondary N) is 2. The third kappa shape index (κ3) is 6.06. The molecule has 2 amide bonds. The minimum atomic E-state index is -0.470. The average molecular weight is 415 g/mol. The molecule has 0 aliphatic heterocycles. The van der Waals surface area contributed by atoms with Gasteiger partial charge >= 0.3 is 0 Å². The summed E-state index contributed by atoms with van der Waals surface area (Å²) >= 11 is 0. The van der Waals surface area contributed by atoms with Crippen LogP contribution in [-0.4, -0.2) is 16.9 Å². The number of phenolic OH excluding ortho intramolecular Hbond substituents is 1. The molecule has 3 N–H and O–H groups in total. The van der Waals surface area contributed by atoms with Gasteiger partial charge in [-0.05, 0) is 48.7 Å². The van der Waals surface area contributed by atoms with Crippen LogP contribution in [-0.2, 0) is 9.59 Å². The second-order valence-electron chi connectivity index (χ2n) is 7.36. The molecular formula is C26H26N2O3. The Morgan fingerprint density at radius 2 is 1.13 bits per heavy atom. The minimum absolute atomic E-state index is 0.00347. The summed E-state index contributed by atoms with van der Waals surface area (Å²) in [6.45, 7) is 3.74. The lowest BCUT2D eigenvalue weighted by Gasteiger charge is -2.18. The summed E-state index contributed by atoms with van der Waals surface area (Å²) < 4.78 is 0. The first-order chi connectivity index (χ1) is 14.9. The predicted molar refractivity (Wildman–Crippen MR) is 122 cm³/mol. The fraction of sp³-hybridized carbons (Fsp3) is 0.154. The van der Waals surface area contributed by atoms with Crippen molar-refractivity contribution in [2.45, 2.75) is 25.9 Å². The molecule has 0 aliphatic carbocycles. The Morgan fingerprint density at radius 3 is 1.55 bits per heavy atom. The fourth-order valence-corrected chi connectivity index (χ4v) is 3.17. The molecule has 0 radical (unpaired) electrons. The van der Waals surface area contributed by atoms with E-state index in [9.17, 15) is 14.7 Å². The number of benzene rings is 3. The number of rotatable bonds is 7. The maximum Gasteiger partial charge on any atom is 0.257 e. The second-order valence-corrected chi connectivity index (χ2v) is 7.36. The first-order valence-electron chi connectivity index (χ1n) is 10.2. The number of hydrogen-bond acceptors (Lipinski definition) is 3. The van der Waals surface area contributed by atoms with Crippen molar-refractivity contribution in [2.24, 2.45) is 0 Å². The van der Waals surface area contributed by atoms with E-state index >= 15 is 0 Å². The molecule has 158 valence electrons. The molecular weight excluding hydrogens is 388 g/mol. The lowest BCUT2D eigenvalue weighted by atomic mass is 10.0. The summed E-state index contributed by atoms with van der Waals surface area (Å²) in [5, 5.41) is 15.3. The number of amides is 2. The van der Waals surface area contributed by atoms with Crippen LogP contribution in [0, 0.1) is 0 Å². The number of aromatic hydroxyl groups is 1. The fourth-order valence-electron chi connectivity index (χ4n) is 3.17. The van der Waals surface area contributed by atoms with Gasteiger partial charge in [0, 0.05) is 0 Å². The average Bonchev–Trinajstić information content (AvgIpc) is 2.79. The second kappa shape index (κ2) is 10.3. The van der Waals surface area contributed by atoms with E-state index in [4.69, 9.17) is 0 Å². The van der Waals surface area contributed by atoms with Gasteiger partial charge in [0.25, 0.3) is 11.8 Å². The number of hydrogen-bond donors (Lipinski definition) is 3. The van der Waals surface area contributed by atoms with Crippen LogP contribution in [0.4, 0.5) is 0 Å². The Balaban J connectivity index is 1.84. The molecule has 2 atom stereocenters. The maximum absolute atomic E-state index is 13.1. The standard InChI is InChI=1S/C26H26N2O3/c1-18(21-9-5-3-6-10-21)27-25(30)24(17-20-13-15-23(29)16-14-20)26(31)28-19(2)22-11-7-4-8-12-22/h3-19,29H,1-2H3,(H,27,30)(H,28,31). The molecule has 0 saturated heterocycles. The van der Waals surface area contributed by atoms with Crippen LogP contribution < -0.4 is 10.6 Å². The van der Waals surface area contributed by atoms with Crippen LogP contribution in [0.2, 0.25) is 0 Å². The summed E-state index contributed by atoms with van der Waals surface area (Å²) in [4.78, 5) is 26.1. The highest BCUT2D eigenvalue weighted by Crippen LogP contribution is 2.17. The molecule has 5 heteroatoms. The highest BCUT2D eigenvalue weighted by atomic mass is 16.3. The van der Waals surface area contributed by atoms with Gasteiger partial charge in [-0.25, -0.2) is 0 Å². The zero-order valence-corrected chi connectivity index (χ0v) is 17.6. The number of carbonyl (C=O) groups is 2. The van der Waals surface area contributed by atoms with Gasteiger partial charge < -0.3 is 15.7 Å². The van der Waals surface area contributed by atoms with Crippen LogP contribution in [0.1, 0.15) is 42.6 Å². The topological polar surface area (TPSA) is 78.4 Å².